The van der Waals surface area contributed by atoms with Gasteiger partial charge in [0.25, 0.3) is 0 Å². The number of carbonyl (C=O) groups excluding carboxylic acids is 1. The van der Waals surface area contributed by atoms with E-state index in [4.69, 9.17) is 0 Å². The van der Waals surface area contributed by atoms with Gasteiger partial charge in [0.15, 0.2) is 0 Å². The van der Waals surface area contributed by atoms with Crippen LogP contribution >= 0.6 is 0 Å². The molecule has 0 bridgehead atoms. The molecule has 0 saturated heterocycles. The van der Waals surface area contributed by atoms with Crippen molar-refractivity contribution in [3.05, 3.63) is 70.3 Å². The van der Waals surface area contributed by atoms with Crippen molar-refractivity contribution in [2.24, 2.45) is 0 Å². The number of aryl methyl sites for hydroxylation is 2. The van der Waals surface area contributed by atoms with Gasteiger partial charge in [-0.05, 0) is 42.0 Å². The predicted octanol–water partition coefficient (Wildman–Crippen LogP) is 4.78. The summed E-state index contributed by atoms with van der Waals surface area (Å²) in [6.45, 7) is 8.50. The molecule has 2 rings (SSSR count). The molecule has 2 aromatic rings. The maximum absolute atomic E-state index is 12.3. The maximum Gasteiger partial charge on any atom is 0.141 e. The van der Waals surface area contributed by atoms with Crippen molar-refractivity contribution in [2.75, 3.05) is 0 Å². The van der Waals surface area contributed by atoms with Crippen molar-refractivity contribution in [2.45, 2.75) is 46.5 Å². The lowest BCUT2D eigenvalue weighted by atomic mass is 9.96. The molecule has 2 aromatic carbocycles. The van der Waals surface area contributed by atoms with Crippen molar-refractivity contribution < 1.29 is 4.79 Å². The first-order chi connectivity index (χ1) is 9.95. The van der Waals surface area contributed by atoms with Gasteiger partial charge in [0, 0.05) is 12.8 Å². The molecule has 0 radical (unpaired) electrons. The van der Waals surface area contributed by atoms with Crippen molar-refractivity contribution in [3.8, 4) is 0 Å². The van der Waals surface area contributed by atoms with Crippen molar-refractivity contribution >= 4 is 5.78 Å². The number of benzene rings is 2. The summed E-state index contributed by atoms with van der Waals surface area (Å²) < 4.78 is 0. The van der Waals surface area contributed by atoms with Crippen molar-refractivity contribution in [3.63, 3.8) is 0 Å². The second-order valence-electron chi connectivity index (χ2n) is 6.22. The first-order valence-electron chi connectivity index (χ1n) is 7.62. The van der Waals surface area contributed by atoms with E-state index in [1.54, 1.807) is 0 Å². The Morgan fingerprint density at radius 2 is 1.62 bits per heavy atom. The third-order valence-corrected chi connectivity index (χ3v) is 3.94. The van der Waals surface area contributed by atoms with Gasteiger partial charge in [-0.2, -0.15) is 0 Å². The average Bonchev–Trinajstić information content (AvgIpc) is 2.43. The molecule has 0 aromatic heterocycles. The van der Waals surface area contributed by atoms with Gasteiger partial charge >= 0.3 is 0 Å². The molecule has 0 amide bonds. The van der Waals surface area contributed by atoms with E-state index in [0.29, 0.717) is 18.8 Å². The Balaban J connectivity index is 2.03. The van der Waals surface area contributed by atoms with Crippen LogP contribution in [-0.2, 0) is 17.6 Å². The molecule has 110 valence electrons. The van der Waals surface area contributed by atoms with Gasteiger partial charge in [0.1, 0.15) is 5.78 Å². The number of ketones is 1. The minimum absolute atomic E-state index is 0.279. The van der Waals surface area contributed by atoms with Gasteiger partial charge in [-0.3, -0.25) is 4.79 Å². The SMILES string of the molecule is Cc1ccc(C)c(CC(=O)Cc2ccc(C(C)C)cc2)c1. The topological polar surface area (TPSA) is 17.1 Å². The normalized spacial score (nSPS) is 10.9. The maximum atomic E-state index is 12.3. The molecule has 0 aliphatic heterocycles. The molecule has 0 fully saturated rings. The number of carbonyl (C=O) groups is 1. The lowest BCUT2D eigenvalue weighted by Crippen LogP contribution is -2.08. The Morgan fingerprint density at radius 3 is 2.24 bits per heavy atom. The standard InChI is InChI=1S/C20H24O/c1-14(2)18-9-7-17(8-10-18)12-20(21)13-19-11-15(3)5-6-16(19)4/h5-11,14H,12-13H2,1-4H3. The van der Waals surface area contributed by atoms with Crippen LogP contribution in [0.4, 0.5) is 0 Å². The van der Waals surface area contributed by atoms with E-state index in [1.165, 1.54) is 16.7 Å². The zero-order valence-electron chi connectivity index (χ0n) is 13.4. The highest BCUT2D eigenvalue weighted by Gasteiger charge is 2.08. The number of hydrogen-bond acceptors (Lipinski definition) is 1. The summed E-state index contributed by atoms with van der Waals surface area (Å²) >= 11 is 0. The molecule has 1 nitrogen and oxygen atoms in total. The second-order valence-corrected chi connectivity index (χ2v) is 6.22. The largest absolute Gasteiger partial charge is 0.299 e. The molecule has 0 unspecified atom stereocenters. The Hall–Kier alpha value is -1.89. The van der Waals surface area contributed by atoms with Crippen molar-refractivity contribution in [1.82, 2.24) is 0 Å². The highest BCUT2D eigenvalue weighted by atomic mass is 16.1. The fourth-order valence-electron chi connectivity index (χ4n) is 2.51. The molecule has 0 aliphatic carbocycles. The molecular weight excluding hydrogens is 256 g/mol. The zero-order chi connectivity index (χ0) is 15.4. The van der Waals surface area contributed by atoms with Crippen LogP contribution in [0.25, 0.3) is 0 Å². The smallest absolute Gasteiger partial charge is 0.141 e. The van der Waals surface area contributed by atoms with Gasteiger partial charge in [-0.1, -0.05) is 61.9 Å². The van der Waals surface area contributed by atoms with E-state index in [0.717, 1.165) is 11.1 Å². The van der Waals surface area contributed by atoms with Crippen LogP contribution < -0.4 is 0 Å². The zero-order valence-corrected chi connectivity index (χ0v) is 13.4. The summed E-state index contributed by atoms with van der Waals surface area (Å²) in [6.07, 6.45) is 1.05. The summed E-state index contributed by atoms with van der Waals surface area (Å²) in [7, 11) is 0. The summed E-state index contributed by atoms with van der Waals surface area (Å²) in [6, 6.07) is 14.7. The van der Waals surface area contributed by atoms with E-state index in [2.05, 4.69) is 70.2 Å². The molecule has 0 aliphatic rings. The quantitative estimate of drug-likeness (QED) is 0.770. The van der Waals surface area contributed by atoms with E-state index in [9.17, 15) is 4.79 Å². The predicted molar refractivity (Wildman–Crippen MR) is 88.9 cm³/mol. The van der Waals surface area contributed by atoms with Crippen molar-refractivity contribution in [1.29, 1.82) is 0 Å². The monoisotopic (exact) mass is 280 g/mol. The van der Waals surface area contributed by atoms with Gasteiger partial charge in [0.2, 0.25) is 0 Å². The third-order valence-electron chi connectivity index (χ3n) is 3.94. The number of rotatable bonds is 5. The van der Waals surface area contributed by atoms with Crippen LogP contribution in [0.1, 0.15) is 47.6 Å². The Labute approximate surface area is 128 Å². The van der Waals surface area contributed by atoms with E-state index < -0.39 is 0 Å². The molecule has 21 heavy (non-hydrogen) atoms. The summed E-state index contributed by atoms with van der Waals surface area (Å²) in [5.41, 5.74) is 5.99. The number of Topliss-reactive ketones (excluding diaryl/α,β-unsaturated/α-hetero) is 1. The van der Waals surface area contributed by atoms with E-state index in [1.807, 2.05) is 0 Å². The Morgan fingerprint density at radius 1 is 0.952 bits per heavy atom. The fourth-order valence-corrected chi connectivity index (χ4v) is 2.51. The number of hydrogen-bond donors (Lipinski definition) is 0. The first-order valence-corrected chi connectivity index (χ1v) is 7.62. The highest BCUT2D eigenvalue weighted by Crippen LogP contribution is 2.16. The summed E-state index contributed by atoms with van der Waals surface area (Å²) in [5, 5.41) is 0. The van der Waals surface area contributed by atoms with Gasteiger partial charge in [-0.25, -0.2) is 0 Å². The van der Waals surface area contributed by atoms with E-state index in [-0.39, 0.29) is 5.78 Å². The van der Waals surface area contributed by atoms with Gasteiger partial charge in [-0.15, -0.1) is 0 Å². The Bertz CT molecular complexity index is 621. The second kappa shape index (κ2) is 6.71. The minimum atomic E-state index is 0.279. The van der Waals surface area contributed by atoms with Crippen LogP contribution in [0.3, 0.4) is 0 Å². The highest BCUT2D eigenvalue weighted by molar-refractivity contribution is 5.83. The average molecular weight is 280 g/mol. The molecule has 0 N–H and O–H groups in total. The molecule has 0 atom stereocenters. The third kappa shape index (κ3) is 4.29. The molecule has 0 saturated carbocycles. The van der Waals surface area contributed by atoms with Gasteiger partial charge in [0.05, 0.1) is 0 Å². The summed E-state index contributed by atoms with van der Waals surface area (Å²) in [5.74, 6) is 0.811. The molecule has 0 spiro atoms. The van der Waals surface area contributed by atoms with E-state index >= 15 is 0 Å². The minimum Gasteiger partial charge on any atom is -0.299 e. The molecular formula is C20H24O. The van der Waals surface area contributed by atoms with Gasteiger partial charge < -0.3 is 0 Å². The molecule has 1 heteroatoms. The summed E-state index contributed by atoms with van der Waals surface area (Å²) in [4.78, 5) is 12.3. The fraction of sp³-hybridized carbons (Fsp3) is 0.350. The Kier molecular flexibility index (Phi) is 4.95. The van der Waals surface area contributed by atoms with Crippen LogP contribution in [0, 0.1) is 13.8 Å². The first kappa shape index (κ1) is 15.5. The van der Waals surface area contributed by atoms with Crippen LogP contribution in [-0.4, -0.2) is 5.78 Å². The van der Waals surface area contributed by atoms with Crippen LogP contribution in [0.5, 0.6) is 0 Å². The van der Waals surface area contributed by atoms with Crippen LogP contribution in [0.2, 0.25) is 0 Å². The lowest BCUT2D eigenvalue weighted by Gasteiger charge is -2.08. The van der Waals surface area contributed by atoms with Crippen LogP contribution in [0.15, 0.2) is 42.5 Å². The lowest BCUT2D eigenvalue weighted by molar-refractivity contribution is -0.117. The molecule has 0 heterocycles.